The monoisotopic (exact) mass is 230 g/mol. The fourth-order valence-corrected chi connectivity index (χ4v) is 3.74. The van der Waals surface area contributed by atoms with Gasteiger partial charge in [0.1, 0.15) is 0 Å². The molecule has 0 saturated heterocycles. The van der Waals surface area contributed by atoms with Crippen LogP contribution in [0.3, 0.4) is 0 Å². The topological polar surface area (TPSA) is 29.3 Å². The second-order valence-electron chi connectivity index (χ2n) is 4.54. The second-order valence-corrected chi connectivity index (χ2v) is 5.88. The van der Waals surface area contributed by atoms with E-state index >= 15 is 0 Å². The Morgan fingerprint density at radius 2 is 1.93 bits per heavy atom. The molecule has 0 aromatic carbocycles. The zero-order valence-electron chi connectivity index (χ0n) is 10.4. The first-order valence-corrected chi connectivity index (χ1v) is 7.33. The highest BCUT2D eigenvalue weighted by atomic mass is 32.2. The van der Waals surface area contributed by atoms with Crippen LogP contribution in [0.2, 0.25) is 0 Å². The Labute approximate surface area is 99.0 Å². The zero-order chi connectivity index (χ0) is 11.3. The van der Waals surface area contributed by atoms with Gasteiger partial charge in [0.05, 0.1) is 0 Å². The van der Waals surface area contributed by atoms with Gasteiger partial charge in [-0.05, 0) is 31.8 Å². The van der Waals surface area contributed by atoms with Crippen molar-refractivity contribution in [2.45, 2.75) is 44.9 Å². The predicted molar refractivity (Wildman–Crippen MR) is 70.4 cm³/mol. The molecule has 0 heterocycles. The summed E-state index contributed by atoms with van der Waals surface area (Å²) in [5.74, 6) is 1.98. The molecule has 3 heteroatoms. The maximum Gasteiger partial charge on any atom is 0.00884 e. The molecule has 0 amide bonds. The number of hydrogen-bond acceptors (Lipinski definition) is 3. The minimum atomic E-state index is 0.455. The van der Waals surface area contributed by atoms with Gasteiger partial charge in [0, 0.05) is 23.6 Å². The third kappa shape index (κ3) is 3.97. The van der Waals surface area contributed by atoms with Crippen molar-refractivity contribution in [1.29, 1.82) is 0 Å². The van der Waals surface area contributed by atoms with Crippen LogP contribution in [0.15, 0.2) is 0 Å². The Hall–Kier alpha value is 0.270. The summed E-state index contributed by atoms with van der Waals surface area (Å²) in [6, 6.07) is 0.455. The number of nitrogens with zero attached hydrogens (tertiary/aromatic N) is 1. The molecule has 1 saturated carbocycles. The largest absolute Gasteiger partial charge is 0.327 e. The van der Waals surface area contributed by atoms with E-state index in [1.807, 2.05) is 0 Å². The summed E-state index contributed by atoms with van der Waals surface area (Å²) >= 11 is 2.13. The second kappa shape index (κ2) is 6.77. The van der Waals surface area contributed by atoms with E-state index < -0.39 is 0 Å². The van der Waals surface area contributed by atoms with E-state index in [0.29, 0.717) is 12.0 Å². The van der Waals surface area contributed by atoms with Crippen LogP contribution in [0.4, 0.5) is 0 Å². The molecule has 3 unspecified atom stereocenters. The Kier molecular flexibility index (Phi) is 6.02. The molecule has 3 atom stereocenters. The molecule has 1 aliphatic carbocycles. The first-order chi connectivity index (χ1) is 7.19. The Morgan fingerprint density at radius 1 is 1.27 bits per heavy atom. The lowest BCUT2D eigenvalue weighted by Gasteiger charge is -2.21. The minimum Gasteiger partial charge on any atom is -0.327 e. The fourth-order valence-electron chi connectivity index (χ4n) is 2.27. The average Bonchev–Trinajstić information content (AvgIpc) is 2.56. The number of nitrogens with two attached hydrogens (primary N) is 1. The molecule has 0 aromatic heterocycles. The summed E-state index contributed by atoms with van der Waals surface area (Å²) in [7, 11) is 0. The molecule has 0 spiro atoms. The molecule has 0 aliphatic heterocycles. The number of hydrogen-bond donors (Lipinski definition) is 1. The van der Waals surface area contributed by atoms with E-state index in [2.05, 4.69) is 37.4 Å². The third-order valence-electron chi connectivity index (χ3n) is 3.68. The third-order valence-corrected chi connectivity index (χ3v) is 5.19. The Morgan fingerprint density at radius 3 is 2.40 bits per heavy atom. The van der Waals surface area contributed by atoms with Crippen molar-refractivity contribution in [2.75, 3.05) is 25.4 Å². The van der Waals surface area contributed by atoms with E-state index in [1.54, 1.807) is 0 Å². The van der Waals surface area contributed by atoms with Crippen LogP contribution in [0, 0.1) is 5.92 Å². The first kappa shape index (κ1) is 13.3. The quantitative estimate of drug-likeness (QED) is 0.758. The molecule has 2 N–H and O–H groups in total. The molecule has 0 radical (unpaired) electrons. The van der Waals surface area contributed by atoms with Crippen molar-refractivity contribution in [1.82, 2.24) is 4.90 Å². The van der Waals surface area contributed by atoms with Crippen molar-refractivity contribution in [3.05, 3.63) is 0 Å². The highest BCUT2D eigenvalue weighted by Gasteiger charge is 2.30. The molecule has 15 heavy (non-hydrogen) atoms. The normalized spacial score (nSPS) is 31.4. The number of thioether (sulfide) groups is 1. The molecule has 1 rings (SSSR count). The van der Waals surface area contributed by atoms with Gasteiger partial charge < -0.3 is 10.6 Å². The molecular formula is C12H26N2S. The van der Waals surface area contributed by atoms with Crippen LogP contribution in [0.5, 0.6) is 0 Å². The van der Waals surface area contributed by atoms with E-state index in [9.17, 15) is 0 Å². The average molecular weight is 230 g/mol. The van der Waals surface area contributed by atoms with Crippen molar-refractivity contribution in [3.63, 3.8) is 0 Å². The summed E-state index contributed by atoms with van der Waals surface area (Å²) in [5, 5.41) is 0.815. The summed E-state index contributed by atoms with van der Waals surface area (Å²) in [6.45, 7) is 10.4. The van der Waals surface area contributed by atoms with Crippen LogP contribution in [0.25, 0.3) is 0 Å². The van der Waals surface area contributed by atoms with E-state index in [1.165, 1.54) is 38.2 Å². The van der Waals surface area contributed by atoms with E-state index in [-0.39, 0.29) is 0 Å². The molecular weight excluding hydrogens is 204 g/mol. The molecule has 0 bridgehead atoms. The zero-order valence-corrected chi connectivity index (χ0v) is 11.2. The lowest BCUT2D eigenvalue weighted by atomic mass is 10.1. The minimum absolute atomic E-state index is 0.455. The van der Waals surface area contributed by atoms with Gasteiger partial charge in [0.2, 0.25) is 0 Å². The van der Waals surface area contributed by atoms with Crippen molar-refractivity contribution in [2.24, 2.45) is 11.7 Å². The standard InChI is InChI=1S/C12H26N2S/c1-4-14(5-2)8-9-15-12-7-6-11(13)10(12)3/h10-12H,4-9,13H2,1-3H3. The highest BCUT2D eigenvalue weighted by Crippen LogP contribution is 2.33. The van der Waals surface area contributed by atoms with Crippen molar-refractivity contribution >= 4 is 11.8 Å². The molecule has 2 nitrogen and oxygen atoms in total. The predicted octanol–water partition coefficient (Wildman–Crippen LogP) is 2.19. The maximum absolute atomic E-state index is 6.03. The van der Waals surface area contributed by atoms with Gasteiger partial charge in [-0.25, -0.2) is 0 Å². The van der Waals surface area contributed by atoms with Gasteiger partial charge in [-0.2, -0.15) is 11.8 Å². The van der Waals surface area contributed by atoms with Crippen molar-refractivity contribution in [3.8, 4) is 0 Å². The Balaban J connectivity index is 2.15. The van der Waals surface area contributed by atoms with Gasteiger partial charge in [-0.1, -0.05) is 20.8 Å². The molecule has 90 valence electrons. The SMILES string of the molecule is CCN(CC)CCSC1CCC(N)C1C. The van der Waals surface area contributed by atoms with Gasteiger partial charge in [0.25, 0.3) is 0 Å². The molecule has 0 aromatic rings. The number of rotatable bonds is 6. The van der Waals surface area contributed by atoms with E-state index in [0.717, 1.165) is 5.25 Å². The van der Waals surface area contributed by atoms with Crippen LogP contribution < -0.4 is 5.73 Å². The van der Waals surface area contributed by atoms with Crippen LogP contribution in [-0.2, 0) is 0 Å². The highest BCUT2D eigenvalue weighted by molar-refractivity contribution is 7.99. The summed E-state index contributed by atoms with van der Waals surface area (Å²) in [6.07, 6.45) is 2.55. The van der Waals surface area contributed by atoms with Crippen molar-refractivity contribution < 1.29 is 0 Å². The van der Waals surface area contributed by atoms with Crippen LogP contribution >= 0.6 is 11.8 Å². The lowest BCUT2D eigenvalue weighted by molar-refractivity contribution is 0.323. The summed E-state index contributed by atoms with van der Waals surface area (Å²) < 4.78 is 0. The first-order valence-electron chi connectivity index (χ1n) is 6.28. The van der Waals surface area contributed by atoms with Gasteiger partial charge in [0.15, 0.2) is 0 Å². The lowest BCUT2D eigenvalue weighted by Crippen LogP contribution is -2.28. The smallest absolute Gasteiger partial charge is 0.00884 e. The van der Waals surface area contributed by atoms with Gasteiger partial charge in [-0.15, -0.1) is 0 Å². The Bertz CT molecular complexity index is 171. The summed E-state index contributed by atoms with van der Waals surface area (Å²) in [4.78, 5) is 2.49. The molecule has 1 aliphatic rings. The maximum atomic E-state index is 6.03. The van der Waals surface area contributed by atoms with Crippen LogP contribution in [-0.4, -0.2) is 41.6 Å². The van der Waals surface area contributed by atoms with E-state index in [4.69, 9.17) is 5.73 Å². The van der Waals surface area contributed by atoms with Gasteiger partial charge >= 0.3 is 0 Å². The summed E-state index contributed by atoms with van der Waals surface area (Å²) in [5.41, 5.74) is 6.03. The molecule has 1 fully saturated rings. The van der Waals surface area contributed by atoms with Crippen LogP contribution in [0.1, 0.15) is 33.6 Å². The fraction of sp³-hybridized carbons (Fsp3) is 1.00. The van der Waals surface area contributed by atoms with Gasteiger partial charge in [-0.3, -0.25) is 0 Å².